The average Bonchev–Trinajstić information content (AvgIpc) is 3.44. The first-order chi connectivity index (χ1) is 15.2. The van der Waals surface area contributed by atoms with Crippen LogP contribution in [0.15, 0.2) is 53.1 Å². The minimum absolute atomic E-state index is 0.0725. The number of fused-ring (bicyclic) bond motifs is 1. The fourth-order valence-corrected chi connectivity index (χ4v) is 3.25. The number of benzene rings is 2. The summed E-state index contributed by atoms with van der Waals surface area (Å²) in [5.41, 5.74) is 2.52. The molecule has 0 saturated heterocycles. The van der Waals surface area contributed by atoms with Crippen molar-refractivity contribution in [2.24, 2.45) is 0 Å². The molecule has 0 bridgehead atoms. The zero-order chi connectivity index (χ0) is 21.5. The first-order valence-electron chi connectivity index (χ1n) is 10.2. The SMILES string of the molecule is COc1ccc(-c2noc(CCCCCNC(=O)Cn3nnc4ccccc43)n2)cc1. The Hall–Kier alpha value is -3.75. The smallest absolute Gasteiger partial charge is 0.241 e. The van der Waals surface area contributed by atoms with E-state index >= 15 is 0 Å². The third-order valence-electron chi connectivity index (χ3n) is 4.92. The second-order valence-electron chi connectivity index (χ2n) is 7.14. The van der Waals surface area contributed by atoms with Crippen LogP contribution in [0.3, 0.4) is 0 Å². The van der Waals surface area contributed by atoms with Gasteiger partial charge in [0, 0.05) is 18.5 Å². The van der Waals surface area contributed by atoms with E-state index in [2.05, 4.69) is 25.8 Å². The molecule has 0 fully saturated rings. The van der Waals surface area contributed by atoms with Gasteiger partial charge in [0.1, 0.15) is 17.8 Å². The Bertz CT molecular complexity index is 1140. The Labute approximate surface area is 179 Å². The largest absolute Gasteiger partial charge is 0.497 e. The Morgan fingerprint density at radius 2 is 1.94 bits per heavy atom. The summed E-state index contributed by atoms with van der Waals surface area (Å²) in [5.74, 6) is 1.91. The number of hydrogen-bond acceptors (Lipinski definition) is 7. The number of aromatic nitrogens is 5. The highest BCUT2D eigenvalue weighted by molar-refractivity contribution is 5.79. The number of nitrogens with zero attached hydrogens (tertiary/aromatic N) is 5. The molecule has 0 radical (unpaired) electrons. The summed E-state index contributed by atoms with van der Waals surface area (Å²) in [5, 5.41) is 15.1. The summed E-state index contributed by atoms with van der Waals surface area (Å²) < 4.78 is 12.1. The molecule has 0 spiro atoms. The van der Waals surface area contributed by atoms with Crippen LogP contribution in [0, 0.1) is 0 Å². The Morgan fingerprint density at radius 3 is 2.77 bits per heavy atom. The summed E-state index contributed by atoms with van der Waals surface area (Å²) in [6.07, 6.45) is 3.45. The van der Waals surface area contributed by atoms with Crippen LogP contribution in [0.4, 0.5) is 0 Å². The van der Waals surface area contributed by atoms with Crippen LogP contribution >= 0.6 is 0 Å². The summed E-state index contributed by atoms with van der Waals surface area (Å²) >= 11 is 0. The number of carbonyl (C=O) groups excluding carboxylic acids is 1. The molecule has 9 nitrogen and oxygen atoms in total. The van der Waals surface area contributed by atoms with E-state index in [0.717, 1.165) is 41.6 Å². The minimum Gasteiger partial charge on any atom is -0.497 e. The lowest BCUT2D eigenvalue weighted by molar-refractivity contribution is -0.121. The Morgan fingerprint density at radius 1 is 1.10 bits per heavy atom. The van der Waals surface area contributed by atoms with E-state index in [1.807, 2.05) is 48.5 Å². The lowest BCUT2D eigenvalue weighted by Gasteiger charge is -2.05. The van der Waals surface area contributed by atoms with Crippen molar-refractivity contribution in [2.45, 2.75) is 32.2 Å². The molecule has 0 aliphatic heterocycles. The van der Waals surface area contributed by atoms with Gasteiger partial charge in [0.15, 0.2) is 0 Å². The van der Waals surface area contributed by atoms with Crippen molar-refractivity contribution in [3.63, 3.8) is 0 Å². The van der Waals surface area contributed by atoms with Crippen LogP contribution in [-0.2, 0) is 17.8 Å². The van der Waals surface area contributed by atoms with E-state index in [9.17, 15) is 4.79 Å². The number of para-hydroxylation sites is 1. The Balaban J connectivity index is 1.14. The van der Waals surface area contributed by atoms with Gasteiger partial charge in [-0.1, -0.05) is 28.9 Å². The molecule has 2 aromatic carbocycles. The number of ether oxygens (including phenoxy) is 1. The fraction of sp³-hybridized carbons (Fsp3) is 0.318. The molecule has 2 heterocycles. The van der Waals surface area contributed by atoms with Crippen molar-refractivity contribution in [1.29, 1.82) is 0 Å². The van der Waals surface area contributed by atoms with Gasteiger partial charge < -0.3 is 14.6 Å². The number of methoxy groups -OCH3 is 1. The minimum atomic E-state index is -0.0725. The van der Waals surface area contributed by atoms with Gasteiger partial charge >= 0.3 is 0 Å². The number of aryl methyl sites for hydroxylation is 1. The van der Waals surface area contributed by atoms with E-state index in [-0.39, 0.29) is 12.5 Å². The molecule has 0 unspecified atom stereocenters. The van der Waals surface area contributed by atoms with Crippen molar-refractivity contribution in [1.82, 2.24) is 30.5 Å². The molecule has 0 atom stereocenters. The molecule has 4 rings (SSSR count). The molecular weight excluding hydrogens is 396 g/mol. The van der Waals surface area contributed by atoms with E-state index in [0.29, 0.717) is 24.7 Å². The first-order valence-corrected chi connectivity index (χ1v) is 10.2. The third kappa shape index (κ3) is 5.25. The first kappa shape index (κ1) is 20.5. The quantitative estimate of drug-likeness (QED) is 0.393. The molecule has 4 aromatic rings. The average molecular weight is 420 g/mol. The van der Waals surface area contributed by atoms with Gasteiger partial charge in [-0.25, -0.2) is 4.68 Å². The van der Waals surface area contributed by atoms with Gasteiger partial charge in [-0.15, -0.1) is 5.10 Å². The van der Waals surface area contributed by atoms with Crippen molar-refractivity contribution in [2.75, 3.05) is 13.7 Å². The number of amides is 1. The zero-order valence-corrected chi connectivity index (χ0v) is 17.3. The normalized spacial score (nSPS) is 11.0. The molecule has 0 saturated carbocycles. The molecule has 9 heteroatoms. The highest BCUT2D eigenvalue weighted by atomic mass is 16.5. The topological polar surface area (TPSA) is 108 Å². The van der Waals surface area contributed by atoms with Crippen molar-refractivity contribution < 1.29 is 14.1 Å². The Kier molecular flexibility index (Phi) is 6.51. The van der Waals surface area contributed by atoms with Crippen molar-refractivity contribution in [3.8, 4) is 17.1 Å². The number of nitrogens with one attached hydrogen (secondary N) is 1. The van der Waals surface area contributed by atoms with Crippen LogP contribution in [0.2, 0.25) is 0 Å². The van der Waals surface area contributed by atoms with Crippen molar-refractivity contribution >= 4 is 16.9 Å². The predicted octanol–water partition coefficient (Wildman–Crippen LogP) is 3.02. The van der Waals surface area contributed by atoms with Crippen molar-refractivity contribution in [3.05, 3.63) is 54.4 Å². The zero-order valence-electron chi connectivity index (χ0n) is 17.3. The van der Waals surface area contributed by atoms with Crippen LogP contribution in [0.25, 0.3) is 22.4 Å². The summed E-state index contributed by atoms with van der Waals surface area (Å²) in [6.45, 7) is 0.781. The van der Waals surface area contributed by atoms with Gasteiger partial charge in [0.2, 0.25) is 17.6 Å². The standard InChI is InChI=1S/C22H24N6O3/c1-30-17-12-10-16(11-13-17)22-24-21(31-26-22)9-3-2-6-14-23-20(29)15-28-19-8-5-4-7-18(19)25-27-28/h4-5,7-8,10-13H,2-3,6,9,14-15H2,1H3,(H,23,29). The van der Waals surface area contributed by atoms with Gasteiger partial charge in [0.05, 0.1) is 12.6 Å². The molecule has 0 aliphatic carbocycles. The molecule has 0 aliphatic rings. The van der Waals surface area contributed by atoms with E-state index in [1.54, 1.807) is 11.8 Å². The molecule has 160 valence electrons. The summed E-state index contributed by atoms with van der Waals surface area (Å²) in [6, 6.07) is 15.1. The number of hydrogen-bond donors (Lipinski definition) is 1. The lowest BCUT2D eigenvalue weighted by Crippen LogP contribution is -2.28. The summed E-state index contributed by atoms with van der Waals surface area (Å²) in [4.78, 5) is 16.6. The second kappa shape index (κ2) is 9.84. The second-order valence-corrected chi connectivity index (χ2v) is 7.14. The maximum Gasteiger partial charge on any atom is 0.241 e. The summed E-state index contributed by atoms with van der Waals surface area (Å²) in [7, 11) is 1.63. The number of carbonyl (C=O) groups is 1. The third-order valence-corrected chi connectivity index (χ3v) is 4.92. The highest BCUT2D eigenvalue weighted by Crippen LogP contribution is 2.20. The van der Waals surface area contributed by atoms with Gasteiger partial charge in [0.25, 0.3) is 0 Å². The van der Waals surface area contributed by atoms with Crippen LogP contribution in [-0.4, -0.2) is 44.7 Å². The molecule has 1 N–H and O–H groups in total. The maximum atomic E-state index is 12.1. The maximum absolute atomic E-state index is 12.1. The predicted molar refractivity (Wildman–Crippen MR) is 114 cm³/mol. The molecular formula is C22H24N6O3. The van der Waals surface area contributed by atoms with E-state index < -0.39 is 0 Å². The monoisotopic (exact) mass is 420 g/mol. The molecule has 2 aromatic heterocycles. The van der Waals surface area contributed by atoms with E-state index in [1.165, 1.54) is 0 Å². The van der Waals surface area contributed by atoms with Crippen LogP contribution in [0.1, 0.15) is 25.2 Å². The van der Waals surface area contributed by atoms with Gasteiger partial charge in [-0.05, 0) is 49.2 Å². The van der Waals surface area contributed by atoms with Gasteiger partial charge in [-0.2, -0.15) is 4.98 Å². The highest BCUT2D eigenvalue weighted by Gasteiger charge is 2.10. The molecule has 1 amide bonds. The molecule has 31 heavy (non-hydrogen) atoms. The van der Waals surface area contributed by atoms with Crippen LogP contribution < -0.4 is 10.1 Å². The van der Waals surface area contributed by atoms with E-state index in [4.69, 9.17) is 9.26 Å². The number of unbranched alkanes of at least 4 members (excludes halogenated alkanes) is 2. The van der Waals surface area contributed by atoms with Crippen LogP contribution in [0.5, 0.6) is 5.75 Å². The van der Waals surface area contributed by atoms with Gasteiger partial charge in [-0.3, -0.25) is 4.79 Å². The fourth-order valence-electron chi connectivity index (χ4n) is 3.25. The number of rotatable bonds is 10. The lowest BCUT2D eigenvalue weighted by atomic mass is 10.2.